The lowest BCUT2D eigenvalue weighted by molar-refractivity contribution is -0.144. The number of hydrogen-bond donors (Lipinski definition) is 2. The highest BCUT2D eigenvalue weighted by atomic mass is 16.5. The number of alkyl carbamates (subject to hydrolysis) is 1. The van der Waals surface area contributed by atoms with Crippen LogP contribution in [-0.4, -0.2) is 66.9 Å². The lowest BCUT2D eigenvalue weighted by atomic mass is 9.98. The van der Waals surface area contributed by atoms with Crippen molar-refractivity contribution in [3.05, 3.63) is 59.7 Å². The highest BCUT2D eigenvalue weighted by molar-refractivity contribution is 5.79. The fraction of sp³-hybridized carbons (Fsp3) is 0.423. The first-order valence-corrected chi connectivity index (χ1v) is 11.7. The Balaban J connectivity index is 1.18. The maximum Gasteiger partial charge on any atom is 0.407 e. The van der Waals surface area contributed by atoms with E-state index in [2.05, 4.69) is 29.6 Å². The number of carboxylic acids is 1. The molecule has 4 rings (SSSR count). The van der Waals surface area contributed by atoms with E-state index in [0.29, 0.717) is 13.0 Å². The molecule has 0 spiro atoms. The van der Waals surface area contributed by atoms with Crippen LogP contribution in [0.1, 0.15) is 42.7 Å². The molecule has 2 amide bonds. The second kappa shape index (κ2) is 11.2. The van der Waals surface area contributed by atoms with E-state index in [1.807, 2.05) is 24.3 Å². The molecular formula is C26H30N2O6. The van der Waals surface area contributed by atoms with Crippen molar-refractivity contribution in [1.82, 2.24) is 10.2 Å². The molecule has 34 heavy (non-hydrogen) atoms. The Morgan fingerprint density at radius 1 is 1.00 bits per heavy atom. The van der Waals surface area contributed by atoms with Gasteiger partial charge < -0.3 is 24.8 Å². The summed E-state index contributed by atoms with van der Waals surface area (Å²) in [7, 11) is 0. The Morgan fingerprint density at radius 2 is 1.68 bits per heavy atom. The minimum atomic E-state index is -0.905. The van der Waals surface area contributed by atoms with Crippen LogP contribution in [0.15, 0.2) is 48.5 Å². The van der Waals surface area contributed by atoms with E-state index in [1.54, 1.807) is 4.90 Å². The number of ether oxygens (including phenoxy) is 2. The largest absolute Gasteiger partial charge is 0.481 e. The fourth-order valence-electron chi connectivity index (χ4n) is 4.86. The molecule has 2 aliphatic rings. The number of amides is 2. The van der Waals surface area contributed by atoms with E-state index in [1.165, 1.54) is 11.1 Å². The standard InChI is InChI=1S/C26H30N2O6/c29-24(28-13-6-5-7-18(28)15-25(30)31)17-33-14-12-27-26(32)34-16-23-21-10-3-1-8-19(21)20-9-2-4-11-22(20)23/h1-4,8-11,18,23H,5-7,12-17H2,(H,27,32)(H,30,31)/t18-/m1/s1. The van der Waals surface area contributed by atoms with Gasteiger partial charge in [0.15, 0.2) is 0 Å². The van der Waals surface area contributed by atoms with E-state index in [9.17, 15) is 14.4 Å². The molecule has 0 radical (unpaired) electrons. The van der Waals surface area contributed by atoms with Crippen molar-refractivity contribution in [2.24, 2.45) is 0 Å². The molecule has 1 heterocycles. The van der Waals surface area contributed by atoms with Crippen LogP contribution in [0.5, 0.6) is 0 Å². The smallest absolute Gasteiger partial charge is 0.407 e. The Hall–Kier alpha value is -3.39. The third kappa shape index (κ3) is 5.56. The molecule has 2 aromatic carbocycles. The maximum absolute atomic E-state index is 12.4. The zero-order valence-corrected chi connectivity index (χ0v) is 19.1. The quantitative estimate of drug-likeness (QED) is 0.549. The van der Waals surface area contributed by atoms with Crippen LogP contribution in [0.2, 0.25) is 0 Å². The molecule has 8 heteroatoms. The van der Waals surface area contributed by atoms with Crippen molar-refractivity contribution in [2.45, 2.75) is 37.6 Å². The van der Waals surface area contributed by atoms with Crippen molar-refractivity contribution in [2.75, 3.05) is 32.9 Å². The summed E-state index contributed by atoms with van der Waals surface area (Å²) in [6.07, 6.45) is 1.91. The van der Waals surface area contributed by atoms with Crippen molar-refractivity contribution < 1.29 is 29.0 Å². The molecule has 180 valence electrons. The normalized spacial score (nSPS) is 17.1. The number of benzene rings is 2. The summed E-state index contributed by atoms with van der Waals surface area (Å²) in [5.41, 5.74) is 4.64. The number of likely N-dealkylation sites (tertiary alicyclic amines) is 1. The third-order valence-corrected chi connectivity index (χ3v) is 6.44. The van der Waals surface area contributed by atoms with Crippen LogP contribution in [0.4, 0.5) is 4.79 Å². The molecule has 2 N–H and O–H groups in total. The molecule has 1 atom stereocenters. The summed E-state index contributed by atoms with van der Waals surface area (Å²) in [6.45, 7) is 1.02. The number of hydrogen-bond acceptors (Lipinski definition) is 5. The number of carboxylic acid groups (broad SMARTS) is 1. The minimum absolute atomic E-state index is 0.00434. The SMILES string of the molecule is O=C(O)C[C@H]1CCCCN1C(=O)COCCNC(=O)OCC1c2ccccc2-c2ccccc21. The van der Waals surface area contributed by atoms with Crippen molar-refractivity contribution in [3.63, 3.8) is 0 Å². The third-order valence-electron chi connectivity index (χ3n) is 6.44. The first kappa shape index (κ1) is 23.8. The van der Waals surface area contributed by atoms with Crippen molar-refractivity contribution >= 4 is 18.0 Å². The zero-order chi connectivity index (χ0) is 23.9. The molecule has 1 aliphatic carbocycles. The molecule has 1 fully saturated rings. The van der Waals surface area contributed by atoms with Gasteiger partial charge in [0.2, 0.25) is 5.91 Å². The van der Waals surface area contributed by atoms with E-state index in [-0.39, 0.29) is 50.7 Å². The zero-order valence-electron chi connectivity index (χ0n) is 19.1. The lowest BCUT2D eigenvalue weighted by Gasteiger charge is -2.34. The molecule has 0 saturated carbocycles. The molecule has 0 bridgehead atoms. The topological polar surface area (TPSA) is 105 Å². The van der Waals surface area contributed by atoms with E-state index in [4.69, 9.17) is 14.6 Å². The summed E-state index contributed by atoms with van der Waals surface area (Å²) >= 11 is 0. The Kier molecular flexibility index (Phi) is 7.80. The van der Waals surface area contributed by atoms with Crippen LogP contribution >= 0.6 is 0 Å². The van der Waals surface area contributed by atoms with Gasteiger partial charge in [0.1, 0.15) is 13.2 Å². The van der Waals surface area contributed by atoms with Gasteiger partial charge in [-0.3, -0.25) is 9.59 Å². The molecular weight excluding hydrogens is 436 g/mol. The van der Waals surface area contributed by atoms with E-state index >= 15 is 0 Å². The van der Waals surface area contributed by atoms with Gasteiger partial charge in [0.05, 0.1) is 13.0 Å². The van der Waals surface area contributed by atoms with E-state index < -0.39 is 12.1 Å². The molecule has 0 aromatic heterocycles. The Labute approximate surface area is 198 Å². The molecule has 2 aromatic rings. The monoisotopic (exact) mass is 466 g/mol. The van der Waals surface area contributed by atoms with Crippen molar-refractivity contribution in [3.8, 4) is 11.1 Å². The number of carbonyl (C=O) groups is 3. The number of aliphatic carboxylic acids is 1. The van der Waals surface area contributed by atoms with Crippen LogP contribution < -0.4 is 5.32 Å². The van der Waals surface area contributed by atoms with Gasteiger partial charge in [-0.25, -0.2) is 4.79 Å². The summed E-state index contributed by atoms with van der Waals surface area (Å²) in [5.74, 6) is -1.12. The highest BCUT2D eigenvalue weighted by Gasteiger charge is 2.29. The Bertz CT molecular complexity index is 994. The summed E-state index contributed by atoms with van der Waals surface area (Å²) < 4.78 is 10.9. The Morgan fingerprint density at radius 3 is 2.35 bits per heavy atom. The van der Waals surface area contributed by atoms with Gasteiger partial charge in [0.25, 0.3) is 0 Å². The summed E-state index contributed by atoms with van der Waals surface area (Å²) in [4.78, 5) is 37.3. The van der Waals surface area contributed by atoms with Crippen LogP contribution in [0, 0.1) is 0 Å². The number of piperidine rings is 1. The van der Waals surface area contributed by atoms with Crippen LogP contribution in [0.3, 0.4) is 0 Å². The molecule has 0 unspecified atom stereocenters. The van der Waals surface area contributed by atoms with Gasteiger partial charge >= 0.3 is 12.1 Å². The lowest BCUT2D eigenvalue weighted by Crippen LogP contribution is -2.46. The minimum Gasteiger partial charge on any atom is -0.481 e. The number of nitrogens with zero attached hydrogens (tertiary/aromatic N) is 1. The number of rotatable bonds is 9. The summed E-state index contributed by atoms with van der Waals surface area (Å²) in [6, 6.07) is 16.0. The fourth-order valence-corrected chi connectivity index (χ4v) is 4.86. The second-order valence-corrected chi connectivity index (χ2v) is 8.64. The number of nitrogens with one attached hydrogen (secondary N) is 1. The van der Waals surface area contributed by atoms with Gasteiger partial charge in [-0.2, -0.15) is 0 Å². The maximum atomic E-state index is 12.4. The molecule has 1 aliphatic heterocycles. The highest BCUT2D eigenvalue weighted by Crippen LogP contribution is 2.44. The van der Waals surface area contributed by atoms with Crippen molar-refractivity contribution in [1.29, 1.82) is 0 Å². The van der Waals surface area contributed by atoms with Crippen LogP contribution in [-0.2, 0) is 19.1 Å². The molecule has 8 nitrogen and oxygen atoms in total. The van der Waals surface area contributed by atoms with E-state index in [0.717, 1.165) is 24.0 Å². The average Bonchev–Trinajstić information content (AvgIpc) is 3.16. The summed E-state index contributed by atoms with van der Waals surface area (Å²) in [5, 5.41) is 11.7. The number of carbonyl (C=O) groups excluding carboxylic acids is 2. The predicted octanol–water partition coefficient (Wildman–Crippen LogP) is 3.40. The predicted molar refractivity (Wildman–Crippen MR) is 125 cm³/mol. The van der Waals surface area contributed by atoms with Crippen LogP contribution in [0.25, 0.3) is 11.1 Å². The first-order valence-electron chi connectivity index (χ1n) is 11.7. The second-order valence-electron chi connectivity index (χ2n) is 8.64. The van der Waals surface area contributed by atoms with Gasteiger partial charge in [0, 0.05) is 25.0 Å². The molecule has 1 saturated heterocycles. The average molecular weight is 467 g/mol. The van der Waals surface area contributed by atoms with Gasteiger partial charge in [-0.05, 0) is 41.5 Å². The first-order chi connectivity index (χ1) is 16.5. The van der Waals surface area contributed by atoms with Gasteiger partial charge in [-0.1, -0.05) is 48.5 Å². The van der Waals surface area contributed by atoms with Gasteiger partial charge in [-0.15, -0.1) is 0 Å². The number of fused-ring (bicyclic) bond motifs is 3.